The summed E-state index contributed by atoms with van der Waals surface area (Å²) in [6, 6.07) is 3.85. The molecule has 4 heteroatoms. The summed E-state index contributed by atoms with van der Waals surface area (Å²) >= 11 is 0. The molecule has 4 nitrogen and oxygen atoms in total. The third kappa shape index (κ3) is 5.27. The van der Waals surface area contributed by atoms with E-state index in [1.807, 2.05) is 19.1 Å². The van der Waals surface area contributed by atoms with Crippen molar-refractivity contribution >= 4 is 5.91 Å². The van der Waals surface area contributed by atoms with Gasteiger partial charge in [0.05, 0.1) is 6.04 Å². The second kappa shape index (κ2) is 7.82. The van der Waals surface area contributed by atoms with Crippen molar-refractivity contribution in [3.05, 3.63) is 30.1 Å². The summed E-state index contributed by atoms with van der Waals surface area (Å²) in [5.41, 5.74) is 6.51. The molecule has 0 aromatic carbocycles. The molecule has 0 aliphatic heterocycles. The van der Waals surface area contributed by atoms with Crippen LogP contribution in [0.25, 0.3) is 0 Å². The van der Waals surface area contributed by atoms with E-state index in [9.17, 15) is 4.79 Å². The largest absolute Gasteiger partial charge is 0.350 e. The Kier molecular flexibility index (Phi) is 6.36. The van der Waals surface area contributed by atoms with Crippen LogP contribution in [0.2, 0.25) is 0 Å². The van der Waals surface area contributed by atoms with Crippen molar-refractivity contribution in [2.75, 3.05) is 6.54 Å². The van der Waals surface area contributed by atoms with Crippen molar-refractivity contribution in [2.24, 2.45) is 11.7 Å². The van der Waals surface area contributed by atoms with Crippen molar-refractivity contribution < 1.29 is 4.79 Å². The zero-order valence-corrected chi connectivity index (χ0v) is 11.2. The molecule has 0 saturated carbocycles. The van der Waals surface area contributed by atoms with E-state index in [0.29, 0.717) is 18.9 Å². The third-order valence-electron chi connectivity index (χ3n) is 3.09. The van der Waals surface area contributed by atoms with Gasteiger partial charge < -0.3 is 11.1 Å². The smallest absolute Gasteiger partial charge is 0.220 e. The molecule has 0 fully saturated rings. The van der Waals surface area contributed by atoms with Crippen LogP contribution >= 0.6 is 0 Å². The van der Waals surface area contributed by atoms with E-state index in [1.54, 1.807) is 12.4 Å². The quantitative estimate of drug-likeness (QED) is 0.777. The van der Waals surface area contributed by atoms with Gasteiger partial charge in [-0.05, 0) is 43.9 Å². The van der Waals surface area contributed by atoms with E-state index >= 15 is 0 Å². The molecular formula is C14H23N3O. The van der Waals surface area contributed by atoms with Crippen LogP contribution in [-0.4, -0.2) is 17.4 Å². The van der Waals surface area contributed by atoms with E-state index in [1.165, 1.54) is 0 Å². The molecule has 0 bridgehead atoms. The molecule has 0 radical (unpaired) electrons. The molecule has 100 valence electrons. The minimum absolute atomic E-state index is 0.0102. The molecule has 1 aromatic rings. The molecule has 0 aliphatic rings. The zero-order chi connectivity index (χ0) is 13.4. The Labute approximate surface area is 109 Å². The minimum Gasteiger partial charge on any atom is -0.350 e. The van der Waals surface area contributed by atoms with Gasteiger partial charge in [0.25, 0.3) is 0 Å². The van der Waals surface area contributed by atoms with Crippen LogP contribution in [0.4, 0.5) is 0 Å². The Morgan fingerprint density at radius 1 is 1.44 bits per heavy atom. The molecule has 2 atom stereocenters. The molecule has 1 aromatic heterocycles. The molecule has 1 amide bonds. The average Bonchev–Trinajstić information content (AvgIpc) is 2.38. The summed E-state index contributed by atoms with van der Waals surface area (Å²) in [4.78, 5) is 15.8. The standard InChI is InChI=1S/C14H23N3O/c1-11(7-8-15)5-6-14(18)17-12(2)13-4-3-9-16-10-13/h3-4,9-12H,5-8,15H2,1-2H3,(H,17,18)/t11?,12-/m1/s1. The van der Waals surface area contributed by atoms with Crippen LogP contribution in [0.1, 0.15) is 44.7 Å². The van der Waals surface area contributed by atoms with E-state index < -0.39 is 0 Å². The van der Waals surface area contributed by atoms with Crippen molar-refractivity contribution in [1.29, 1.82) is 0 Å². The molecule has 0 spiro atoms. The van der Waals surface area contributed by atoms with Gasteiger partial charge in [-0.3, -0.25) is 9.78 Å². The second-order valence-electron chi connectivity index (χ2n) is 4.80. The van der Waals surface area contributed by atoms with Crippen molar-refractivity contribution in [1.82, 2.24) is 10.3 Å². The lowest BCUT2D eigenvalue weighted by molar-refractivity contribution is -0.122. The fourth-order valence-electron chi connectivity index (χ4n) is 1.84. The predicted octanol–water partition coefficient (Wildman–Crippen LogP) is 2.02. The van der Waals surface area contributed by atoms with Crippen LogP contribution < -0.4 is 11.1 Å². The van der Waals surface area contributed by atoms with Gasteiger partial charge >= 0.3 is 0 Å². The van der Waals surface area contributed by atoms with Crippen LogP contribution in [0.15, 0.2) is 24.5 Å². The molecule has 0 saturated heterocycles. The van der Waals surface area contributed by atoms with Crippen molar-refractivity contribution in [2.45, 2.75) is 39.2 Å². The summed E-state index contributed by atoms with van der Waals surface area (Å²) < 4.78 is 0. The zero-order valence-electron chi connectivity index (χ0n) is 11.2. The van der Waals surface area contributed by atoms with E-state index in [-0.39, 0.29) is 11.9 Å². The highest BCUT2D eigenvalue weighted by molar-refractivity contribution is 5.76. The topological polar surface area (TPSA) is 68.0 Å². The monoisotopic (exact) mass is 249 g/mol. The summed E-state index contributed by atoms with van der Waals surface area (Å²) in [6.45, 7) is 4.79. The lowest BCUT2D eigenvalue weighted by atomic mass is 10.0. The van der Waals surface area contributed by atoms with Crippen LogP contribution in [0.5, 0.6) is 0 Å². The average molecular weight is 249 g/mol. The Balaban J connectivity index is 2.32. The van der Waals surface area contributed by atoms with Gasteiger partial charge in [-0.2, -0.15) is 0 Å². The highest BCUT2D eigenvalue weighted by atomic mass is 16.1. The van der Waals surface area contributed by atoms with Gasteiger partial charge in [-0.15, -0.1) is 0 Å². The van der Waals surface area contributed by atoms with Crippen LogP contribution in [0, 0.1) is 5.92 Å². The first kappa shape index (κ1) is 14.6. The third-order valence-corrected chi connectivity index (χ3v) is 3.09. The van der Waals surface area contributed by atoms with Gasteiger partial charge in [0.1, 0.15) is 0 Å². The van der Waals surface area contributed by atoms with Gasteiger partial charge in [0, 0.05) is 18.8 Å². The first-order valence-electron chi connectivity index (χ1n) is 6.52. The molecule has 1 rings (SSSR count). The number of rotatable bonds is 7. The fraction of sp³-hybridized carbons (Fsp3) is 0.571. The number of carbonyl (C=O) groups excluding carboxylic acids is 1. The lowest BCUT2D eigenvalue weighted by Crippen LogP contribution is -2.26. The molecule has 1 unspecified atom stereocenters. The number of amides is 1. The van der Waals surface area contributed by atoms with Gasteiger partial charge in [0.2, 0.25) is 5.91 Å². The highest BCUT2D eigenvalue weighted by Gasteiger charge is 2.10. The second-order valence-corrected chi connectivity index (χ2v) is 4.80. The van der Waals surface area contributed by atoms with E-state index in [2.05, 4.69) is 17.2 Å². The van der Waals surface area contributed by atoms with Gasteiger partial charge in [0.15, 0.2) is 0 Å². The number of nitrogens with two attached hydrogens (primary N) is 1. The van der Waals surface area contributed by atoms with Crippen molar-refractivity contribution in [3.8, 4) is 0 Å². The first-order chi connectivity index (χ1) is 8.63. The number of hydrogen-bond donors (Lipinski definition) is 2. The number of nitrogens with one attached hydrogen (secondary N) is 1. The van der Waals surface area contributed by atoms with Gasteiger partial charge in [-0.1, -0.05) is 13.0 Å². The summed E-state index contributed by atoms with van der Waals surface area (Å²) in [5.74, 6) is 0.602. The number of nitrogens with zero attached hydrogens (tertiary/aromatic N) is 1. The highest BCUT2D eigenvalue weighted by Crippen LogP contribution is 2.12. The minimum atomic E-state index is 0.0102. The maximum atomic E-state index is 11.8. The maximum absolute atomic E-state index is 11.8. The summed E-state index contributed by atoms with van der Waals surface area (Å²) in [5, 5.41) is 2.98. The molecule has 1 heterocycles. The normalized spacial score (nSPS) is 13.9. The van der Waals surface area contributed by atoms with E-state index in [4.69, 9.17) is 5.73 Å². The Morgan fingerprint density at radius 3 is 2.83 bits per heavy atom. The lowest BCUT2D eigenvalue weighted by Gasteiger charge is -2.15. The van der Waals surface area contributed by atoms with Crippen molar-refractivity contribution in [3.63, 3.8) is 0 Å². The van der Waals surface area contributed by atoms with E-state index in [0.717, 1.165) is 18.4 Å². The molecular weight excluding hydrogens is 226 g/mol. The number of pyridine rings is 1. The first-order valence-corrected chi connectivity index (χ1v) is 6.52. The Bertz CT molecular complexity index is 353. The fourth-order valence-corrected chi connectivity index (χ4v) is 1.84. The molecule has 18 heavy (non-hydrogen) atoms. The number of carbonyl (C=O) groups is 1. The Hall–Kier alpha value is -1.42. The summed E-state index contributed by atoms with van der Waals surface area (Å²) in [6.07, 6.45) is 5.94. The number of aromatic nitrogens is 1. The predicted molar refractivity (Wildman–Crippen MR) is 72.9 cm³/mol. The van der Waals surface area contributed by atoms with Crippen LogP contribution in [0.3, 0.4) is 0 Å². The maximum Gasteiger partial charge on any atom is 0.220 e. The molecule has 3 N–H and O–H groups in total. The summed E-state index contributed by atoms with van der Waals surface area (Å²) in [7, 11) is 0. The number of hydrogen-bond acceptors (Lipinski definition) is 3. The van der Waals surface area contributed by atoms with Crippen LogP contribution in [-0.2, 0) is 4.79 Å². The SMILES string of the molecule is CC(CCN)CCC(=O)N[C@H](C)c1cccnc1. The molecule has 0 aliphatic carbocycles. The van der Waals surface area contributed by atoms with Gasteiger partial charge in [-0.25, -0.2) is 0 Å². The Morgan fingerprint density at radius 2 is 2.22 bits per heavy atom.